The lowest BCUT2D eigenvalue weighted by molar-refractivity contribution is -0.0781. The molecule has 0 bridgehead atoms. The van der Waals surface area contributed by atoms with E-state index in [4.69, 9.17) is 10.5 Å². The molecule has 5 nitrogen and oxygen atoms in total. The van der Waals surface area contributed by atoms with Crippen LogP contribution in [0.15, 0.2) is 0 Å². The Kier molecular flexibility index (Phi) is 3.89. The minimum atomic E-state index is -0.178. The van der Waals surface area contributed by atoms with Gasteiger partial charge >= 0.3 is 6.09 Å². The summed E-state index contributed by atoms with van der Waals surface area (Å²) in [4.78, 5) is 16.0. The zero-order valence-corrected chi connectivity index (χ0v) is 10.7. The number of piperidine rings is 1. The van der Waals surface area contributed by atoms with Crippen LogP contribution in [-0.4, -0.2) is 61.3 Å². The molecule has 0 unspecified atom stereocenters. The number of hydrogen-bond acceptors (Lipinski definition) is 4. The third kappa shape index (κ3) is 2.90. The van der Waals surface area contributed by atoms with Gasteiger partial charge in [0, 0.05) is 45.4 Å². The highest BCUT2D eigenvalue weighted by Gasteiger charge is 2.42. The van der Waals surface area contributed by atoms with Crippen LogP contribution >= 0.6 is 0 Å². The van der Waals surface area contributed by atoms with Crippen molar-refractivity contribution in [3.63, 3.8) is 0 Å². The number of nitrogens with zero attached hydrogens (tertiary/aromatic N) is 2. The van der Waals surface area contributed by atoms with Crippen LogP contribution in [0, 0.1) is 0 Å². The van der Waals surface area contributed by atoms with Gasteiger partial charge in [-0.2, -0.15) is 0 Å². The summed E-state index contributed by atoms with van der Waals surface area (Å²) in [7, 11) is 2.12. The molecule has 0 aliphatic carbocycles. The van der Waals surface area contributed by atoms with Gasteiger partial charge in [-0.3, -0.25) is 0 Å². The van der Waals surface area contributed by atoms with E-state index < -0.39 is 0 Å². The molecule has 2 fully saturated rings. The number of likely N-dealkylation sites (tertiary alicyclic amines) is 1. The number of nitrogens with two attached hydrogens (primary N) is 1. The van der Waals surface area contributed by atoms with Crippen molar-refractivity contribution in [2.45, 2.75) is 31.3 Å². The second-order valence-electron chi connectivity index (χ2n) is 5.23. The molecule has 2 rings (SSSR count). The van der Waals surface area contributed by atoms with Gasteiger partial charge in [0.05, 0.1) is 0 Å². The summed E-state index contributed by atoms with van der Waals surface area (Å²) in [5, 5.41) is 0. The van der Waals surface area contributed by atoms with Gasteiger partial charge in [-0.05, 0) is 20.0 Å². The van der Waals surface area contributed by atoms with E-state index in [1.54, 1.807) is 4.90 Å². The molecule has 0 aromatic heterocycles. The minimum Gasteiger partial charge on any atom is -0.443 e. The largest absolute Gasteiger partial charge is 0.443 e. The first-order valence-corrected chi connectivity index (χ1v) is 6.52. The van der Waals surface area contributed by atoms with Crippen molar-refractivity contribution >= 4 is 6.09 Å². The first-order chi connectivity index (χ1) is 8.15. The second-order valence-corrected chi connectivity index (χ2v) is 5.23. The standard InChI is InChI=1S/C12H23N3O2/c1-14-8-3-12(4-9-14)5-10-15(7-2-6-13)11(16)17-12/h2-10,13H2,1H3. The van der Waals surface area contributed by atoms with E-state index in [1.807, 2.05) is 0 Å². The first kappa shape index (κ1) is 12.6. The highest BCUT2D eigenvalue weighted by atomic mass is 16.6. The molecule has 0 saturated carbocycles. The number of rotatable bonds is 3. The van der Waals surface area contributed by atoms with Gasteiger partial charge in [-0.15, -0.1) is 0 Å². The maximum absolute atomic E-state index is 11.9. The summed E-state index contributed by atoms with van der Waals surface area (Å²) in [6.45, 7) is 4.22. The highest BCUT2D eigenvalue weighted by Crippen LogP contribution is 2.33. The fourth-order valence-corrected chi connectivity index (χ4v) is 2.59. The minimum absolute atomic E-state index is 0.144. The third-order valence-electron chi connectivity index (χ3n) is 3.93. The SMILES string of the molecule is CN1CCC2(CC1)CCN(CCCN)C(=O)O2. The molecule has 2 aliphatic heterocycles. The molecular formula is C12H23N3O2. The summed E-state index contributed by atoms with van der Waals surface area (Å²) < 4.78 is 5.69. The van der Waals surface area contributed by atoms with E-state index in [-0.39, 0.29) is 11.7 Å². The first-order valence-electron chi connectivity index (χ1n) is 6.52. The fraction of sp³-hybridized carbons (Fsp3) is 0.917. The Morgan fingerprint density at radius 2 is 1.94 bits per heavy atom. The normalized spacial score (nSPS) is 25.1. The lowest BCUT2D eigenvalue weighted by Gasteiger charge is -2.45. The molecule has 2 N–H and O–H groups in total. The zero-order valence-electron chi connectivity index (χ0n) is 10.7. The second kappa shape index (κ2) is 5.23. The Hall–Kier alpha value is -0.810. The van der Waals surface area contributed by atoms with E-state index in [0.717, 1.165) is 51.9 Å². The van der Waals surface area contributed by atoms with Crippen LogP contribution in [0.25, 0.3) is 0 Å². The van der Waals surface area contributed by atoms with Gasteiger partial charge in [0.25, 0.3) is 0 Å². The van der Waals surface area contributed by atoms with Gasteiger partial charge in [-0.25, -0.2) is 4.79 Å². The van der Waals surface area contributed by atoms with Crippen LogP contribution < -0.4 is 5.73 Å². The summed E-state index contributed by atoms with van der Waals surface area (Å²) >= 11 is 0. The van der Waals surface area contributed by atoms with Crippen molar-refractivity contribution in [2.24, 2.45) is 5.73 Å². The van der Waals surface area contributed by atoms with E-state index in [1.165, 1.54) is 0 Å². The van der Waals surface area contributed by atoms with E-state index in [0.29, 0.717) is 6.54 Å². The van der Waals surface area contributed by atoms with Crippen LogP contribution in [-0.2, 0) is 4.74 Å². The van der Waals surface area contributed by atoms with E-state index >= 15 is 0 Å². The quantitative estimate of drug-likeness (QED) is 0.788. The smallest absolute Gasteiger partial charge is 0.410 e. The van der Waals surface area contributed by atoms with Gasteiger partial charge in [0.1, 0.15) is 5.60 Å². The van der Waals surface area contributed by atoms with Crippen molar-refractivity contribution < 1.29 is 9.53 Å². The maximum Gasteiger partial charge on any atom is 0.410 e. The Morgan fingerprint density at radius 1 is 1.29 bits per heavy atom. The van der Waals surface area contributed by atoms with Gasteiger partial charge in [0.2, 0.25) is 0 Å². The molecule has 2 aliphatic rings. The molecule has 2 saturated heterocycles. The molecule has 5 heteroatoms. The topological polar surface area (TPSA) is 58.8 Å². The van der Waals surface area contributed by atoms with Crippen molar-refractivity contribution in [2.75, 3.05) is 39.8 Å². The van der Waals surface area contributed by atoms with E-state index in [2.05, 4.69) is 11.9 Å². The van der Waals surface area contributed by atoms with Crippen molar-refractivity contribution in [3.05, 3.63) is 0 Å². The Labute approximate surface area is 103 Å². The number of amides is 1. The van der Waals surface area contributed by atoms with Crippen LogP contribution in [0.4, 0.5) is 4.79 Å². The van der Waals surface area contributed by atoms with Crippen LogP contribution in [0.5, 0.6) is 0 Å². The van der Waals surface area contributed by atoms with Crippen molar-refractivity contribution in [3.8, 4) is 0 Å². The zero-order chi connectivity index (χ0) is 12.3. The Morgan fingerprint density at radius 3 is 2.53 bits per heavy atom. The van der Waals surface area contributed by atoms with Crippen LogP contribution in [0.3, 0.4) is 0 Å². The number of ether oxygens (including phenoxy) is 1. The van der Waals surface area contributed by atoms with Crippen molar-refractivity contribution in [1.29, 1.82) is 0 Å². The lowest BCUT2D eigenvalue weighted by Crippen LogP contribution is -2.54. The molecule has 2 heterocycles. The summed E-state index contributed by atoms with van der Waals surface area (Å²) in [5.74, 6) is 0. The molecule has 1 amide bonds. The number of hydrogen-bond donors (Lipinski definition) is 1. The summed E-state index contributed by atoms with van der Waals surface area (Å²) in [6.07, 6.45) is 3.62. The lowest BCUT2D eigenvalue weighted by atomic mass is 9.87. The highest BCUT2D eigenvalue weighted by molar-refractivity contribution is 5.69. The Balaban J connectivity index is 1.88. The van der Waals surface area contributed by atoms with E-state index in [9.17, 15) is 4.79 Å². The van der Waals surface area contributed by atoms with Gasteiger partial charge in [0.15, 0.2) is 0 Å². The summed E-state index contributed by atoms with van der Waals surface area (Å²) in [5.41, 5.74) is 5.28. The molecule has 17 heavy (non-hydrogen) atoms. The number of carbonyl (C=O) groups is 1. The van der Waals surface area contributed by atoms with Crippen molar-refractivity contribution in [1.82, 2.24) is 9.80 Å². The molecule has 0 aromatic rings. The maximum atomic E-state index is 11.9. The third-order valence-corrected chi connectivity index (χ3v) is 3.93. The molecule has 98 valence electrons. The fourth-order valence-electron chi connectivity index (χ4n) is 2.59. The molecule has 0 aromatic carbocycles. The predicted octanol–water partition coefficient (Wildman–Crippen LogP) is 0.642. The molecule has 0 atom stereocenters. The monoisotopic (exact) mass is 241 g/mol. The average Bonchev–Trinajstić information content (AvgIpc) is 2.33. The van der Waals surface area contributed by atoms with Crippen LogP contribution in [0.1, 0.15) is 25.7 Å². The summed E-state index contributed by atoms with van der Waals surface area (Å²) in [6, 6.07) is 0. The van der Waals surface area contributed by atoms with Crippen LogP contribution in [0.2, 0.25) is 0 Å². The van der Waals surface area contributed by atoms with Gasteiger partial charge in [-0.1, -0.05) is 0 Å². The molecular weight excluding hydrogens is 218 g/mol. The predicted molar refractivity (Wildman–Crippen MR) is 65.8 cm³/mol. The molecule has 1 spiro atoms. The van der Waals surface area contributed by atoms with Gasteiger partial charge < -0.3 is 20.3 Å². The average molecular weight is 241 g/mol. The molecule has 0 radical (unpaired) electrons. The Bertz CT molecular complexity index is 275. The number of carbonyl (C=O) groups excluding carboxylic acids is 1.